The topological polar surface area (TPSA) is 61.0 Å². The summed E-state index contributed by atoms with van der Waals surface area (Å²) < 4.78 is 0. The summed E-state index contributed by atoms with van der Waals surface area (Å²) in [5.74, 6) is 1.04. The van der Waals surface area contributed by atoms with Crippen molar-refractivity contribution < 1.29 is 4.79 Å². The number of nitrogens with zero attached hydrogens (tertiary/aromatic N) is 2. The number of aromatic nitrogens is 2. The molecule has 0 amide bonds. The molecule has 0 saturated heterocycles. The van der Waals surface area contributed by atoms with E-state index in [2.05, 4.69) is 27.7 Å². The largest absolute Gasteiger partial charge is 0.346 e. The quantitative estimate of drug-likeness (QED) is 0.915. The smallest absolute Gasteiger partial charge is 0.137 e. The predicted molar refractivity (Wildman–Crippen MR) is 90.5 cm³/mol. The Morgan fingerprint density at radius 2 is 2.17 bits per heavy atom. The number of nitrogens with one attached hydrogen (secondary N) is 2. The number of hydrogen-bond acceptors (Lipinski definition) is 4. The molecule has 0 radical (unpaired) electrons. The molecule has 1 saturated carbocycles. The summed E-state index contributed by atoms with van der Waals surface area (Å²) in [7, 11) is 2.01. The number of hydrazine groups is 1. The second-order valence-corrected chi connectivity index (χ2v) is 6.73. The first kappa shape index (κ1) is 14.5. The number of carbonyl (C=O) groups excluding carboxylic acids is 1. The molecule has 2 aromatic rings. The maximum atomic E-state index is 11.4. The van der Waals surface area contributed by atoms with E-state index in [1.54, 1.807) is 0 Å². The summed E-state index contributed by atoms with van der Waals surface area (Å²) in [6, 6.07) is 2.27. The molecule has 2 aromatic heterocycles. The average Bonchev–Trinajstić information content (AvgIpc) is 3.15. The third-order valence-electron chi connectivity index (χ3n) is 4.99. The van der Waals surface area contributed by atoms with Crippen molar-refractivity contribution in [3.8, 4) is 0 Å². The third kappa shape index (κ3) is 2.88. The lowest BCUT2D eigenvalue weighted by Gasteiger charge is -2.20. The van der Waals surface area contributed by atoms with Gasteiger partial charge in [0, 0.05) is 56.0 Å². The lowest BCUT2D eigenvalue weighted by Crippen LogP contribution is -2.23. The number of pyridine rings is 1. The number of H-pyrrole nitrogens is 1. The van der Waals surface area contributed by atoms with Crippen molar-refractivity contribution in [2.45, 2.75) is 32.1 Å². The molecule has 3 heterocycles. The molecular formula is C18H22N4O. The molecule has 4 rings (SSSR count). The Balaban J connectivity index is 1.59. The fourth-order valence-electron chi connectivity index (χ4n) is 3.66. The number of Topliss-reactive ketones (excluding diaryl/α,β-unsaturated/α-hetero) is 1. The molecule has 0 atom stereocenters. The van der Waals surface area contributed by atoms with Crippen LogP contribution < -0.4 is 5.43 Å². The number of carbonyl (C=O) groups is 1. The fourth-order valence-corrected chi connectivity index (χ4v) is 3.66. The molecule has 2 N–H and O–H groups in total. The minimum atomic E-state index is 0.424. The van der Waals surface area contributed by atoms with Gasteiger partial charge >= 0.3 is 0 Å². The van der Waals surface area contributed by atoms with Crippen LogP contribution in [0.4, 0.5) is 0 Å². The van der Waals surface area contributed by atoms with Crippen molar-refractivity contribution in [2.24, 2.45) is 5.92 Å². The van der Waals surface area contributed by atoms with Crippen LogP contribution in [-0.2, 0) is 11.2 Å². The van der Waals surface area contributed by atoms with Crippen molar-refractivity contribution in [1.29, 1.82) is 0 Å². The highest BCUT2D eigenvalue weighted by Gasteiger charge is 2.20. The minimum Gasteiger partial charge on any atom is -0.346 e. The van der Waals surface area contributed by atoms with Crippen LogP contribution in [0.15, 0.2) is 24.7 Å². The molecule has 1 fully saturated rings. The van der Waals surface area contributed by atoms with Crippen LogP contribution in [-0.4, -0.2) is 34.4 Å². The van der Waals surface area contributed by atoms with Crippen LogP contribution in [0.1, 0.15) is 36.8 Å². The Bertz CT molecular complexity index is 766. The minimum absolute atomic E-state index is 0.424. The van der Waals surface area contributed by atoms with Gasteiger partial charge < -0.3 is 9.99 Å². The Kier molecular flexibility index (Phi) is 3.65. The first-order chi connectivity index (χ1) is 11.2. The van der Waals surface area contributed by atoms with E-state index in [0.717, 1.165) is 44.3 Å². The van der Waals surface area contributed by atoms with Crippen LogP contribution in [0, 0.1) is 5.92 Å². The monoisotopic (exact) mass is 310 g/mol. The lowest BCUT2D eigenvalue weighted by atomic mass is 9.84. The van der Waals surface area contributed by atoms with Gasteiger partial charge in [-0.25, -0.2) is 10.4 Å². The summed E-state index contributed by atoms with van der Waals surface area (Å²) in [6.07, 6.45) is 10.7. The van der Waals surface area contributed by atoms with E-state index in [-0.39, 0.29) is 0 Å². The highest BCUT2D eigenvalue weighted by atomic mass is 16.1. The van der Waals surface area contributed by atoms with Crippen LogP contribution >= 0.6 is 0 Å². The van der Waals surface area contributed by atoms with Gasteiger partial charge in [-0.05, 0) is 42.4 Å². The number of rotatable bonds is 3. The number of hydrogen-bond donors (Lipinski definition) is 2. The standard InChI is InChI=1S/C18H22N4O/c1-22-11-14(9-21-22)17-10-20-18-16(17)7-13(8-19-18)6-12-2-4-15(23)5-3-12/h7-8,10-12,21H,2-6,9H2,1H3,(H,19,20). The Morgan fingerprint density at radius 1 is 1.35 bits per heavy atom. The van der Waals surface area contributed by atoms with Crippen molar-refractivity contribution in [3.63, 3.8) is 0 Å². The summed E-state index contributed by atoms with van der Waals surface area (Å²) in [6.45, 7) is 0.846. The van der Waals surface area contributed by atoms with Crippen LogP contribution in [0.3, 0.4) is 0 Å². The number of aromatic amines is 1. The van der Waals surface area contributed by atoms with E-state index in [9.17, 15) is 4.79 Å². The zero-order valence-electron chi connectivity index (χ0n) is 13.4. The Hall–Kier alpha value is -2.14. The van der Waals surface area contributed by atoms with Crippen molar-refractivity contribution in [3.05, 3.63) is 35.8 Å². The molecule has 0 bridgehead atoms. The zero-order valence-corrected chi connectivity index (χ0v) is 13.4. The molecule has 0 spiro atoms. The van der Waals surface area contributed by atoms with Gasteiger partial charge in [0.25, 0.3) is 0 Å². The average molecular weight is 310 g/mol. The molecule has 0 aromatic carbocycles. The third-order valence-corrected chi connectivity index (χ3v) is 4.99. The molecule has 5 nitrogen and oxygen atoms in total. The van der Waals surface area contributed by atoms with Crippen molar-refractivity contribution in [2.75, 3.05) is 13.6 Å². The van der Waals surface area contributed by atoms with Gasteiger partial charge in [0.05, 0.1) is 0 Å². The van der Waals surface area contributed by atoms with Gasteiger partial charge in [0.2, 0.25) is 0 Å². The summed E-state index contributed by atoms with van der Waals surface area (Å²) in [5, 5.41) is 3.18. The predicted octanol–water partition coefficient (Wildman–Crippen LogP) is 2.66. The lowest BCUT2D eigenvalue weighted by molar-refractivity contribution is -0.121. The van der Waals surface area contributed by atoms with Gasteiger partial charge in [-0.2, -0.15) is 0 Å². The first-order valence-electron chi connectivity index (χ1n) is 8.34. The molecule has 1 aliphatic carbocycles. The van der Waals surface area contributed by atoms with Crippen LogP contribution in [0.25, 0.3) is 16.6 Å². The molecule has 2 aliphatic rings. The Labute approximate surface area is 135 Å². The van der Waals surface area contributed by atoms with E-state index < -0.39 is 0 Å². The van der Waals surface area contributed by atoms with Gasteiger partial charge in [-0.3, -0.25) is 4.79 Å². The molecule has 5 heteroatoms. The fraction of sp³-hybridized carbons (Fsp3) is 0.444. The summed E-state index contributed by atoms with van der Waals surface area (Å²) >= 11 is 0. The molecule has 0 unspecified atom stereocenters. The van der Waals surface area contributed by atoms with Gasteiger partial charge in [0.1, 0.15) is 11.4 Å². The number of fused-ring (bicyclic) bond motifs is 1. The molecule has 120 valence electrons. The maximum Gasteiger partial charge on any atom is 0.137 e. The summed E-state index contributed by atoms with van der Waals surface area (Å²) in [4.78, 5) is 19.2. The van der Waals surface area contributed by atoms with Gasteiger partial charge in [-0.15, -0.1) is 0 Å². The van der Waals surface area contributed by atoms with Crippen LogP contribution in [0.2, 0.25) is 0 Å². The van der Waals surface area contributed by atoms with Crippen molar-refractivity contribution in [1.82, 2.24) is 20.4 Å². The van der Waals surface area contributed by atoms with Crippen LogP contribution in [0.5, 0.6) is 0 Å². The van der Waals surface area contributed by atoms with E-state index in [4.69, 9.17) is 0 Å². The SMILES string of the molecule is CN1C=C(c2c[nH]c3ncc(CC4CCC(=O)CC4)cc23)CN1. The van der Waals surface area contributed by atoms with Crippen molar-refractivity contribution >= 4 is 22.4 Å². The highest BCUT2D eigenvalue weighted by Crippen LogP contribution is 2.29. The molecule has 1 aliphatic heterocycles. The Morgan fingerprint density at radius 3 is 2.91 bits per heavy atom. The van der Waals surface area contributed by atoms with Gasteiger partial charge in [-0.1, -0.05) is 0 Å². The second kappa shape index (κ2) is 5.81. The van der Waals surface area contributed by atoms with E-state index >= 15 is 0 Å². The summed E-state index contributed by atoms with van der Waals surface area (Å²) in [5.41, 5.74) is 8.01. The normalized spacial score (nSPS) is 19.6. The van der Waals surface area contributed by atoms with Gasteiger partial charge in [0.15, 0.2) is 0 Å². The van der Waals surface area contributed by atoms with E-state index in [1.165, 1.54) is 22.1 Å². The highest BCUT2D eigenvalue weighted by molar-refractivity contribution is 5.91. The second-order valence-electron chi connectivity index (χ2n) is 6.73. The maximum absolute atomic E-state index is 11.4. The first-order valence-corrected chi connectivity index (χ1v) is 8.34. The molecule has 23 heavy (non-hydrogen) atoms. The number of ketones is 1. The van der Waals surface area contributed by atoms with E-state index in [1.807, 2.05) is 24.5 Å². The zero-order chi connectivity index (χ0) is 15.8. The van der Waals surface area contributed by atoms with E-state index in [0.29, 0.717) is 11.7 Å². The molecular weight excluding hydrogens is 288 g/mol.